The number of rotatable bonds is 9. The Labute approximate surface area is 92.7 Å². The second-order valence-electron chi connectivity index (χ2n) is 3.19. The summed E-state index contributed by atoms with van der Waals surface area (Å²) in [7, 11) is 0. The Balaban J connectivity index is 3.20. The van der Waals surface area contributed by atoms with E-state index in [-0.39, 0.29) is 26.3 Å². The lowest BCUT2D eigenvalue weighted by atomic mass is 10.4. The highest BCUT2D eigenvalue weighted by molar-refractivity contribution is 4.58. The lowest BCUT2D eigenvalue weighted by molar-refractivity contribution is -0.173. The number of alkyl halides is 3. The molecule has 1 unspecified atom stereocenters. The normalized spacial score (nSPS) is 14.1. The summed E-state index contributed by atoms with van der Waals surface area (Å²) >= 11 is 0. The molecule has 0 aromatic carbocycles. The molecule has 0 heterocycles. The molecule has 0 saturated carbocycles. The van der Waals surface area contributed by atoms with Crippen LogP contribution in [0.5, 0.6) is 0 Å². The second-order valence-corrected chi connectivity index (χ2v) is 3.19. The molecule has 0 aliphatic rings. The first-order valence-corrected chi connectivity index (χ1v) is 5.06. The predicted molar refractivity (Wildman–Crippen MR) is 52.2 cm³/mol. The predicted octanol–water partition coefficient (Wildman–Crippen LogP) is 0.552. The minimum Gasteiger partial charge on any atom is -0.389 e. The van der Waals surface area contributed by atoms with Gasteiger partial charge < -0.3 is 19.9 Å². The summed E-state index contributed by atoms with van der Waals surface area (Å²) < 4.78 is 44.2. The Bertz CT molecular complexity index is 167. The van der Waals surface area contributed by atoms with Crippen molar-refractivity contribution in [1.82, 2.24) is 5.32 Å². The molecule has 0 fully saturated rings. The van der Waals surface area contributed by atoms with Gasteiger partial charge in [0.05, 0.1) is 19.3 Å². The molecule has 0 bridgehead atoms. The van der Waals surface area contributed by atoms with Gasteiger partial charge in [0.25, 0.3) is 0 Å². The van der Waals surface area contributed by atoms with Gasteiger partial charge >= 0.3 is 6.18 Å². The number of ether oxygens (including phenoxy) is 2. The van der Waals surface area contributed by atoms with E-state index in [1.54, 1.807) is 0 Å². The van der Waals surface area contributed by atoms with E-state index < -0.39 is 18.9 Å². The molecule has 0 aromatic heterocycles. The number of aliphatic hydroxyl groups is 1. The van der Waals surface area contributed by atoms with Crippen LogP contribution in [0.2, 0.25) is 0 Å². The highest BCUT2D eigenvalue weighted by atomic mass is 19.4. The number of aliphatic hydroxyl groups excluding tert-OH is 1. The zero-order valence-electron chi connectivity index (χ0n) is 9.22. The molecule has 0 amide bonds. The highest BCUT2D eigenvalue weighted by Crippen LogP contribution is 2.13. The van der Waals surface area contributed by atoms with Crippen molar-refractivity contribution >= 4 is 0 Å². The van der Waals surface area contributed by atoms with Crippen molar-refractivity contribution in [1.29, 1.82) is 0 Å². The van der Waals surface area contributed by atoms with Gasteiger partial charge in [0, 0.05) is 19.7 Å². The topological polar surface area (TPSA) is 50.7 Å². The van der Waals surface area contributed by atoms with E-state index in [9.17, 15) is 18.3 Å². The number of hydrogen-bond donors (Lipinski definition) is 2. The summed E-state index contributed by atoms with van der Waals surface area (Å²) in [6.45, 7) is 1.80. The van der Waals surface area contributed by atoms with Crippen LogP contribution in [0, 0.1) is 0 Å². The average molecular weight is 245 g/mol. The first-order valence-electron chi connectivity index (χ1n) is 5.06. The zero-order chi connectivity index (χ0) is 12.4. The van der Waals surface area contributed by atoms with Crippen molar-refractivity contribution in [2.75, 3.05) is 39.5 Å². The van der Waals surface area contributed by atoms with Gasteiger partial charge in [-0.15, -0.1) is 0 Å². The summed E-state index contributed by atoms with van der Waals surface area (Å²) in [6, 6.07) is 0. The van der Waals surface area contributed by atoms with Crippen molar-refractivity contribution in [3.05, 3.63) is 0 Å². The van der Waals surface area contributed by atoms with Gasteiger partial charge in [-0.3, -0.25) is 0 Å². The molecule has 0 rings (SSSR count). The molecule has 1 atom stereocenters. The molecule has 98 valence electrons. The van der Waals surface area contributed by atoms with Gasteiger partial charge in [-0.05, 0) is 6.92 Å². The van der Waals surface area contributed by atoms with Crippen molar-refractivity contribution in [2.45, 2.75) is 19.2 Å². The maximum Gasteiger partial charge on any atom is 0.411 e. The molecule has 0 saturated heterocycles. The van der Waals surface area contributed by atoms with Crippen molar-refractivity contribution < 1.29 is 27.8 Å². The van der Waals surface area contributed by atoms with Crippen LogP contribution in [0.1, 0.15) is 6.92 Å². The molecule has 0 aliphatic heterocycles. The lowest BCUT2D eigenvalue weighted by Gasteiger charge is -2.12. The highest BCUT2D eigenvalue weighted by Gasteiger charge is 2.27. The standard InChI is InChI=1S/C9H18F3NO3/c1-2-15-6-8(14)5-13-3-4-16-7-9(10,11)12/h8,13-14H,2-7H2,1H3. The van der Waals surface area contributed by atoms with E-state index in [4.69, 9.17) is 4.74 Å². The summed E-state index contributed by atoms with van der Waals surface area (Å²) in [5, 5.41) is 12.0. The molecular formula is C9H18F3NO3. The molecule has 0 aliphatic carbocycles. The fraction of sp³-hybridized carbons (Fsp3) is 1.00. The second kappa shape index (κ2) is 8.74. The molecule has 4 nitrogen and oxygen atoms in total. The molecule has 7 heteroatoms. The van der Waals surface area contributed by atoms with Crippen LogP contribution in [-0.4, -0.2) is 56.9 Å². The fourth-order valence-electron chi connectivity index (χ4n) is 0.914. The van der Waals surface area contributed by atoms with Gasteiger partial charge in [-0.25, -0.2) is 0 Å². The zero-order valence-corrected chi connectivity index (χ0v) is 9.22. The van der Waals surface area contributed by atoms with E-state index in [1.165, 1.54) is 0 Å². The lowest BCUT2D eigenvalue weighted by Crippen LogP contribution is -2.33. The van der Waals surface area contributed by atoms with Crippen LogP contribution in [0.15, 0.2) is 0 Å². The van der Waals surface area contributed by atoms with Crippen LogP contribution in [-0.2, 0) is 9.47 Å². The molecule has 0 spiro atoms. The largest absolute Gasteiger partial charge is 0.411 e. The molecule has 0 aromatic rings. The van der Waals surface area contributed by atoms with Crippen molar-refractivity contribution in [3.63, 3.8) is 0 Å². The molecule has 16 heavy (non-hydrogen) atoms. The van der Waals surface area contributed by atoms with Gasteiger partial charge in [0.1, 0.15) is 6.61 Å². The van der Waals surface area contributed by atoms with Gasteiger partial charge in [0.15, 0.2) is 0 Å². The smallest absolute Gasteiger partial charge is 0.389 e. The quantitative estimate of drug-likeness (QED) is 0.583. The fourth-order valence-corrected chi connectivity index (χ4v) is 0.914. The summed E-state index contributed by atoms with van der Waals surface area (Å²) in [4.78, 5) is 0. The van der Waals surface area contributed by atoms with Gasteiger partial charge in [0.2, 0.25) is 0 Å². The number of halogens is 3. The Hall–Kier alpha value is -0.370. The van der Waals surface area contributed by atoms with Gasteiger partial charge in [-0.1, -0.05) is 0 Å². The molecular weight excluding hydrogens is 227 g/mol. The van der Waals surface area contributed by atoms with E-state index >= 15 is 0 Å². The maximum absolute atomic E-state index is 11.6. The Morgan fingerprint density at radius 3 is 2.56 bits per heavy atom. The first-order chi connectivity index (χ1) is 7.45. The number of nitrogens with one attached hydrogen (secondary N) is 1. The summed E-state index contributed by atoms with van der Waals surface area (Å²) in [5.41, 5.74) is 0. The van der Waals surface area contributed by atoms with Crippen LogP contribution < -0.4 is 5.32 Å². The maximum atomic E-state index is 11.6. The average Bonchev–Trinajstić information content (AvgIpc) is 2.18. The van der Waals surface area contributed by atoms with E-state index in [2.05, 4.69) is 10.1 Å². The first kappa shape index (κ1) is 15.6. The monoisotopic (exact) mass is 245 g/mol. The third-order valence-electron chi connectivity index (χ3n) is 1.58. The summed E-state index contributed by atoms with van der Waals surface area (Å²) in [5.74, 6) is 0. The van der Waals surface area contributed by atoms with Crippen LogP contribution in [0.25, 0.3) is 0 Å². The van der Waals surface area contributed by atoms with Crippen molar-refractivity contribution in [3.8, 4) is 0 Å². The minimum absolute atomic E-state index is 0.0408. The van der Waals surface area contributed by atoms with Gasteiger partial charge in [-0.2, -0.15) is 13.2 Å². The number of hydrogen-bond acceptors (Lipinski definition) is 4. The SMILES string of the molecule is CCOCC(O)CNCCOCC(F)(F)F. The van der Waals surface area contributed by atoms with Crippen LogP contribution in [0.3, 0.4) is 0 Å². The van der Waals surface area contributed by atoms with E-state index in [0.29, 0.717) is 6.61 Å². The molecule has 0 radical (unpaired) electrons. The van der Waals surface area contributed by atoms with E-state index in [0.717, 1.165) is 0 Å². The third-order valence-corrected chi connectivity index (χ3v) is 1.58. The van der Waals surface area contributed by atoms with Crippen LogP contribution >= 0.6 is 0 Å². The Kier molecular flexibility index (Phi) is 8.54. The Morgan fingerprint density at radius 1 is 1.31 bits per heavy atom. The Morgan fingerprint density at radius 2 is 2.00 bits per heavy atom. The van der Waals surface area contributed by atoms with Crippen LogP contribution in [0.4, 0.5) is 13.2 Å². The van der Waals surface area contributed by atoms with E-state index in [1.807, 2.05) is 6.92 Å². The molecule has 2 N–H and O–H groups in total. The third kappa shape index (κ3) is 11.7. The summed E-state index contributed by atoms with van der Waals surface area (Å²) in [6.07, 6.45) is -4.93. The van der Waals surface area contributed by atoms with Crippen molar-refractivity contribution in [2.24, 2.45) is 0 Å². The minimum atomic E-state index is -4.28.